The van der Waals surface area contributed by atoms with E-state index in [1.165, 1.54) is 18.9 Å². The zero-order chi connectivity index (χ0) is 15.1. The molecule has 1 saturated carbocycles. The molecule has 2 rings (SSSR count). The number of halogens is 1. The van der Waals surface area contributed by atoms with Gasteiger partial charge in [0, 0.05) is 30.3 Å². The largest absolute Gasteiger partial charge is 0.395 e. The molecule has 0 aromatic heterocycles. The lowest BCUT2D eigenvalue weighted by Crippen LogP contribution is -2.35. The summed E-state index contributed by atoms with van der Waals surface area (Å²) in [7, 11) is 0. The van der Waals surface area contributed by atoms with E-state index in [1.54, 1.807) is 12.1 Å². The van der Waals surface area contributed by atoms with Gasteiger partial charge in [0.15, 0.2) is 0 Å². The highest BCUT2D eigenvalue weighted by molar-refractivity contribution is 5.37. The van der Waals surface area contributed by atoms with Crippen molar-refractivity contribution in [3.05, 3.63) is 35.1 Å². The summed E-state index contributed by atoms with van der Waals surface area (Å²) in [6.07, 6.45) is 4.68. The SMILES string of the molecule is OCC#Cc1ccc(CN(CCO)C2CCCC2)c(F)c1. The minimum Gasteiger partial charge on any atom is -0.395 e. The first-order valence-corrected chi connectivity index (χ1v) is 7.47. The molecular formula is C17H22FNO2. The molecule has 0 radical (unpaired) electrons. The zero-order valence-electron chi connectivity index (χ0n) is 12.2. The van der Waals surface area contributed by atoms with Crippen molar-refractivity contribution in [2.45, 2.75) is 38.3 Å². The summed E-state index contributed by atoms with van der Waals surface area (Å²) in [4.78, 5) is 2.17. The van der Waals surface area contributed by atoms with Crippen molar-refractivity contribution in [2.75, 3.05) is 19.8 Å². The summed E-state index contributed by atoms with van der Waals surface area (Å²) in [6, 6.07) is 5.37. The molecule has 4 heteroatoms. The van der Waals surface area contributed by atoms with E-state index in [4.69, 9.17) is 5.11 Å². The van der Waals surface area contributed by atoms with Crippen LogP contribution in [0.15, 0.2) is 18.2 Å². The van der Waals surface area contributed by atoms with E-state index < -0.39 is 0 Å². The van der Waals surface area contributed by atoms with Crippen LogP contribution in [0, 0.1) is 17.7 Å². The summed E-state index contributed by atoms with van der Waals surface area (Å²) in [5.74, 6) is 4.94. The van der Waals surface area contributed by atoms with E-state index in [0.29, 0.717) is 30.3 Å². The molecule has 1 aromatic rings. The maximum Gasteiger partial charge on any atom is 0.128 e. The summed E-state index contributed by atoms with van der Waals surface area (Å²) in [5.41, 5.74) is 1.20. The highest BCUT2D eigenvalue weighted by Gasteiger charge is 2.22. The summed E-state index contributed by atoms with van der Waals surface area (Å²) < 4.78 is 14.1. The molecule has 1 aliphatic carbocycles. The molecule has 2 N–H and O–H groups in total. The molecule has 21 heavy (non-hydrogen) atoms. The maximum absolute atomic E-state index is 14.1. The fourth-order valence-electron chi connectivity index (χ4n) is 2.90. The van der Waals surface area contributed by atoms with Crippen LogP contribution in [0.3, 0.4) is 0 Å². The van der Waals surface area contributed by atoms with Crippen LogP contribution in [0.5, 0.6) is 0 Å². The molecule has 0 heterocycles. The molecule has 0 unspecified atom stereocenters. The van der Waals surface area contributed by atoms with E-state index in [-0.39, 0.29) is 19.0 Å². The predicted molar refractivity (Wildman–Crippen MR) is 80.1 cm³/mol. The van der Waals surface area contributed by atoms with Crippen molar-refractivity contribution in [2.24, 2.45) is 0 Å². The second kappa shape index (κ2) is 8.14. The fourth-order valence-corrected chi connectivity index (χ4v) is 2.90. The van der Waals surface area contributed by atoms with Gasteiger partial charge in [-0.1, -0.05) is 30.7 Å². The Balaban J connectivity index is 2.09. The van der Waals surface area contributed by atoms with Gasteiger partial charge in [0.2, 0.25) is 0 Å². The Bertz CT molecular complexity index is 515. The second-order valence-electron chi connectivity index (χ2n) is 5.40. The monoisotopic (exact) mass is 291 g/mol. The van der Waals surface area contributed by atoms with Gasteiger partial charge in [0.05, 0.1) is 6.61 Å². The molecular weight excluding hydrogens is 269 g/mol. The van der Waals surface area contributed by atoms with E-state index in [2.05, 4.69) is 16.7 Å². The van der Waals surface area contributed by atoms with Crippen molar-refractivity contribution < 1.29 is 14.6 Å². The third kappa shape index (κ3) is 4.53. The second-order valence-corrected chi connectivity index (χ2v) is 5.40. The van der Waals surface area contributed by atoms with Gasteiger partial charge in [-0.15, -0.1) is 0 Å². The van der Waals surface area contributed by atoms with Crippen molar-refractivity contribution in [3.63, 3.8) is 0 Å². The van der Waals surface area contributed by atoms with Crippen molar-refractivity contribution in [3.8, 4) is 11.8 Å². The van der Waals surface area contributed by atoms with E-state index in [9.17, 15) is 9.50 Å². The van der Waals surface area contributed by atoms with E-state index >= 15 is 0 Å². The Morgan fingerprint density at radius 3 is 2.62 bits per heavy atom. The molecule has 1 aromatic carbocycles. The minimum absolute atomic E-state index is 0.0954. The molecule has 1 aliphatic rings. The van der Waals surface area contributed by atoms with Crippen molar-refractivity contribution in [1.82, 2.24) is 4.90 Å². The molecule has 0 atom stereocenters. The Hall–Kier alpha value is -1.41. The van der Waals surface area contributed by atoms with E-state index in [0.717, 1.165) is 12.8 Å². The molecule has 0 spiro atoms. The van der Waals surface area contributed by atoms with Gasteiger partial charge < -0.3 is 10.2 Å². The van der Waals surface area contributed by atoms with Gasteiger partial charge >= 0.3 is 0 Å². The number of aliphatic hydroxyl groups excluding tert-OH is 2. The van der Waals surface area contributed by atoms with Crippen molar-refractivity contribution in [1.29, 1.82) is 0 Å². The van der Waals surface area contributed by atoms with Crippen LogP contribution in [-0.2, 0) is 6.54 Å². The van der Waals surface area contributed by atoms with Crippen LogP contribution in [0.1, 0.15) is 36.8 Å². The van der Waals surface area contributed by atoms with Gasteiger partial charge in [-0.25, -0.2) is 4.39 Å². The fraction of sp³-hybridized carbons (Fsp3) is 0.529. The van der Waals surface area contributed by atoms with Crippen LogP contribution in [0.2, 0.25) is 0 Å². The van der Waals surface area contributed by atoms with Crippen LogP contribution in [0.4, 0.5) is 4.39 Å². The summed E-state index contributed by atoms with van der Waals surface area (Å²) >= 11 is 0. The molecule has 0 amide bonds. The number of nitrogens with zero attached hydrogens (tertiary/aromatic N) is 1. The number of hydrogen-bond donors (Lipinski definition) is 2. The van der Waals surface area contributed by atoms with Crippen LogP contribution in [-0.4, -0.2) is 40.9 Å². The predicted octanol–water partition coefficient (Wildman–Crippen LogP) is 1.91. The molecule has 3 nitrogen and oxygen atoms in total. The topological polar surface area (TPSA) is 43.7 Å². The van der Waals surface area contributed by atoms with Crippen LogP contribution >= 0.6 is 0 Å². The summed E-state index contributed by atoms with van der Waals surface area (Å²) in [5, 5.41) is 17.9. The third-order valence-corrected chi connectivity index (χ3v) is 3.97. The number of benzene rings is 1. The van der Waals surface area contributed by atoms with Gasteiger partial charge in [0.25, 0.3) is 0 Å². The van der Waals surface area contributed by atoms with Gasteiger partial charge in [-0.2, -0.15) is 0 Å². The number of aliphatic hydroxyl groups is 2. The quantitative estimate of drug-likeness (QED) is 0.815. The standard InChI is InChI=1S/C17H22FNO2/c18-17-12-14(4-3-10-20)7-8-15(17)13-19(9-11-21)16-5-1-2-6-16/h7-8,12,16,20-21H,1-2,5-6,9-11,13H2. The highest BCUT2D eigenvalue weighted by Crippen LogP contribution is 2.25. The van der Waals surface area contributed by atoms with Gasteiger partial charge in [0.1, 0.15) is 12.4 Å². The number of hydrogen-bond acceptors (Lipinski definition) is 3. The van der Waals surface area contributed by atoms with Crippen LogP contribution < -0.4 is 0 Å². The minimum atomic E-state index is -0.277. The first kappa shape index (κ1) is 16.0. The number of rotatable bonds is 5. The average Bonchev–Trinajstić information content (AvgIpc) is 3.01. The Labute approximate surface area is 125 Å². The molecule has 0 saturated heterocycles. The Morgan fingerprint density at radius 1 is 1.24 bits per heavy atom. The molecule has 0 bridgehead atoms. The molecule has 1 fully saturated rings. The van der Waals surface area contributed by atoms with E-state index in [1.807, 2.05) is 0 Å². The lowest BCUT2D eigenvalue weighted by atomic mass is 10.1. The summed E-state index contributed by atoms with van der Waals surface area (Å²) in [6.45, 7) is 0.967. The van der Waals surface area contributed by atoms with Gasteiger partial charge in [-0.05, 0) is 25.0 Å². The first-order valence-electron chi connectivity index (χ1n) is 7.47. The Kier molecular flexibility index (Phi) is 6.19. The zero-order valence-corrected chi connectivity index (χ0v) is 12.2. The lowest BCUT2D eigenvalue weighted by molar-refractivity contribution is 0.143. The first-order chi connectivity index (χ1) is 10.2. The molecule has 114 valence electrons. The normalized spacial score (nSPS) is 15.2. The molecule has 0 aliphatic heterocycles. The highest BCUT2D eigenvalue weighted by atomic mass is 19.1. The van der Waals surface area contributed by atoms with Crippen molar-refractivity contribution >= 4 is 0 Å². The maximum atomic E-state index is 14.1. The smallest absolute Gasteiger partial charge is 0.128 e. The van der Waals surface area contributed by atoms with Crippen LogP contribution in [0.25, 0.3) is 0 Å². The Morgan fingerprint density at radius 2 is 2.00 bits per heavy atom. The average molecular weight is 291 g/mol. The third-order valence-electron chi connectivity index (χ3n) is 3.97. The lowest BCUT2D eigenvalue weighted by Gasteiger charge is -2.28. The van der Waals surface area contributed by atoms with Gasteiger partial charge in [-0.3, -0.25) is 4.90 Å².